The lowest BCUT2D eigenvalue weighted by Gasteiger charge is -2.10. The van der Waals surface area contributed by atoms with Crippen LogP contribution >= 0.6 is 11.6 Å². The molecule has 4 N–H and O–H groups in total. The molecule has 0 saturated carbocycles. The van der Waals surface area contributed by atoms with Crippen LogP contribution in [0, 0.1) is 6.92 Å². The van der Waals surface area contributed by atoms with Crippen molar-refractivity contribution in [3.05, 3.63) is 52.7 Å². The Kier molecular flexibility index (Phi) is 3.99. The van der Waals surface area contributed by atoms with Crippen LogP contribution in [0.2, 0.25) is 5.02 Å². The lowest BCUT2D eigenvalue weighted by Crippen LogP contribution is -2.17. The van der Waals surface area contributed by atoms with E-state index in [2.05, 4.69) is 15.7 Å². The molecule has 0 spiro atoms. The van der Waals surface area contributed by atoms with Crippen LogP contribution in [-0.4, -0.2) is 10.9 Å². The van der Waals surface area contributed by atoms with Gasteiger partial charge in [0.25, 0.3) is 5.91 Å². The standard InChI is InChI=1S/C13H13ClN4O/c1-8-3-2-4-12(16-8)17-13(19)10-7-9(14)5-6-11(10)18-15/h2-7,18H,15H2,1H3,(H,16,17,19). The highest BCUT2D eigenvalue weighted by molar-refractivity contribution is 6.31. The van der Waals surface area contributed by atoms with Gasteiger partial charge in [0.15, 0.2) is 0 Å². The molecule has 0 aliphatic heterocycles. The highest BCUT2D eigenvalue weighted by Crippen LogP contribution is 2.21. The van der Waals surface area contributed by atoms with E-state index >= 15 is 0 Å². The maximum atomic E-state index is 12.2. The van der Waals surface area contributed by atoms with Crippen LogP contribution in [0.4, 0.5) is 11.5 Å². The Bertz CT molecular complexity index is 615. The molecule has 0 radical (unpaired) electrons. The van der Waals surface area contributed by atoms with Gasteiger partial charge in [0, 0.05) is 10.7 Å². The zero-order chi connectivity index (χ0) is 13.8. The summed E-state index contributed by atoms with van der Waals surface area (Å²) in [5.74, 6) is 5.52. The largest absolute Gasteiger partial charge is 0.323 e. The number of aromatic nitrogens is 1. The molecule has 0 fully saturated rings. The van der Waals surface area contributed by atoms with Crippen molar-refractivity contribution >= 4 is 29.0 Å². The van der Waals surface area contributed by atoms with Crippen LogP contribution in [0.15, 0.2) is 36.4 Å². The predicted octanol–water partition coefficient (Wildman–Crippen LogP) is 2.58. The summed E-state index contributed by atoms with van der Waals surface area (Å²) in [5, 5.41) is 3.16. The molecule has 5 nitrogen and oxygen atoms in total. The first-order valence-corrected chi connectivity index (χ1v) is 5.99. The van der Waals surface area contributed by atoms with Gasteiger partial charge in [-0.1, -0.05) is 17.7 Å². The van der Waals surface area contributed by atoms with Crippen molar-refractivity contribution in [3.63, 3.8) is 0 Å². The molecule has 0 aliphatic carbocycles. The summed E-state index contributed by atoms with van der Waals surface area (Å²) in [5.41, 5.74) is 4.14. The van der Waals surface area contributed by atoms with E-state index in [-0.39, 0.29) is 5.91 Å². The average Bonchev–Trinajstić information content (AvgIpc) is 2.38. The van der Waals surface area contributed by atoms with E-state index in [0.717, 1.165) is 5.69 Å². The van der Waals surface area contributed by atoms with Gasteiger partial charge in [0.05, 0.1) is 11.3 Å². The first-order valence-electron chi connectivity index (χ1n) is 5.61. The van der Waals surface area contributed by atoms with Crippen molar-refractivity contribution in [1.82, 2.24) is 4.98 Å². The number of hydrogen-bond donors (Lipinski definition) is 3. The summed E-state index contributed by atoms with van der Waals surface area (Å²) in [4.78, 5) is 16.4. The molecule has 6 heteroatoms. The van der Waals surface area contributed by atoms with Gasteiger partial charge in [-0.25, -0.2) is 4.98 Å². The molecule has 0 atom stereocenters. The Morgan fingerprint density at radius 2 is 2.11 bits per heavy atom. The van der Waals surface area contributed by atoms with Crippen LogP contribution in [-0.2, 0) is 0 Å². The van der Waals surface area contributed by atoms with E-state index in [1.54, 1.807) is 24.3 Å². The fraction of sp³-hybridized carbons (Fsp3) is 0.0769. The normalized spacial score (nSPS) is 10.1. The second-order valence-corrected chi connectivity index (χ2v) is 4.39. The first kappa shape index (κ1) is 13.3. The highest BCUT2D eigenvalue weighted by atomic mass is 35.5. The van der Waals surface area contributed by atoms with Gasteiger partial charge in [-0.2, -0.15) is 0 Å². The number of rotatable bonds is 3. The predicted molar refractivity (Wildman–Crippen MR) is 76.2 cm³/mol. The van der Waals surface area contributed by atoms with Gasteiger partial charge in [-0.05, 0) is 37.3 Å². The number of hydrazine groups is 1. The van der Waals surface area contributed by atoms with Gasteiger partial charge < -0.3 is 10.7 Å². The fourth-order valence-electron chi connectivity index (χ4n) is 1.63. The van der Waals surface area contributed by atoms with Crippen LogP contribution < -0.4 is 16.6 Å². The summed E-state index contributed by atoms with van der Waals surface area (Å²) in [6.07, 6.45) is 0. The number of carbonyl (C=O) groups excluding carboxylic acids is 1. The number of benzene rings is 1. The zero-order valence-corrected chi connectivity index (χ0v) is 11.0. The van der Waals surface area contributed by atoms with Gasteiger partial charge in [0.1, 0.15) is 5.82 Å². The maximum absolute atomic E-state index is 12.2. The summed E-state index contributed by atoms with van der Waals surface area (Å²) in [6.45, 7) is 1.85. The van der Waals surface area contributed by atoms with Crippen molar-refractivity contribution < 1.29 is 4.79 Å². The topological polar surface area (TPSA) is 80.0 Å². The molecule has 19 heavy (non-hydrogen) atoms. The Labute approximate surface area is 115 Å². The number of aryl methyl sites for hydroxylation is 1. The molecule has 0 aliphatic rings. The summed E-state index contributed by atoms with van der Waals surface area (Å²) >= 11 is 5.88. The van der Waals surface area contributed by atoms with Crippen LogP contribution in [0.1, 0.15) is 16.1 Å². The van der Waals surface area contributed by atoms with Gasteiger partial charge >= 0.3 is 0 Å². The monoisotopic (exact) mass is 276 g/mol. The van der Waals surface area contributed by atoms with E-state index in [1.165, 1.54) is 0 Å². The maximum Gasteiger partial charge on any atom is 0.259 e. The summed E-state index contributed by atoms with van der Waals surface area (Å²) in [6, 6.07) is 10.2. The molecular weight excluding hydrogens is 264 g/mol. The molecule has 1 heterocycles. The minimum absolute atomic E-state index is 0.325. The van der Waals surface area contributed by atoms with E-state index in [0.29, 0.717) is 22.1 Å². The summed E-state index contributed by atoms with van der Waals surface area (Å²) < 4.78 is 0. The van der Waals surface area contributed by atoms with E-state index in [4.69, 9.17) is 17.4 Å². The molecular formula is C13H13ClN4O. The second-order valence-electron chi connectivity index (χ2n) is 3.95. The molecule has 98 valence electrons. The highest BCUT2D eigenvalue weighted by Gasteiger charge is 2.12. The van der Waals surface area contributed by atoms with Gasteiger partial charge in [0.2, 0.25) is 0 Å². The van der Waals surface area contributed by atoms with E-state index in [9.17, 15) is 4.79 Å². The van der Waals surface area contributed by atoms with Crippen molar-refractivity contribution in [3.8, 4) is 0 Å². The van der Waals surface area contributed by atoms with Crippen molar-refractivity contribution in [2.45, 2.75) is 6.92 Å². The molecule has 1 aromatic heterocycles. The lowest BCUT2D eigenvalue weighted by molar-refractivity contribution is 0.102. The number of nitrogens with one attached hydrogen (secondary N) is 2. The fourth-order valence-corrected chi connectivity index (χ4v) is 1.80. The minimum Gasteiger partial charge on any atom is -0.323 e. The van der Waals surface area contributed by atoms with Crippen molar-refractivity contribution in [1.29, 1.82) is 0 Å². The van der Waals surface area contributed by atoms with Crippen molar-refractivity contribution in [2.75, 3.05) is 10.7 Å². The third-order valence-electron chi connectivity index (χ3n) is 2.51. The number of carbonyl (C=O) groups is 1. The Balaban J connectivity index is 2.27. The third-order valence-corrected chi connectivity index (χ3v) is 2.75. The van der Waals surface area contributed by atoms with E-state index in [1.807, 2.05) is 19.1 Å². The molecule has 0 bridgehead atoms. The minimum atomic E-state index is -0.325. The Morgan fingerprint density at radius 1 is 1.32 bits per heavy atom. The zero-order valence-electron chi connectivity index (χ0n) is 10.3. The smallest absolute Gasteiger partial charge is 0.259 e. The van der Waals surface area contributed by atoms with Crippen LogP contribution in [0.5, 0.6) is 0 Å². The third kappa shape index (κ3) is 3.21. The molecule has 1 aromatic carbocycles. The average molecular weight is 277 g/mol. The lowest BCUT2D eigenvalue weighted by atomic mass is 10.1. The Morgan fingerprint density at radius 3 is 2.79 bits per heavy atom. The number of amides is 1. The number of anilines is 2. The van der Waals surface area contributed by atoms with E-state index < -0.39 is 0 Å². The number of nitrogens with zero attached hydrogens (tertiary/aromatic N) is 1. The quantitative estimate of drug-likeness (QED) is 0.595. The Hall–Kier alpha value is -2.11. The second kappa shape index (κ2) is 5.69. The number of hydrogen-bond acceptors (Lipinski definition) is 4. The molecule has 0 unspecified atom stereocenters. The van der Waals surface area contributed by atoms with Crippen molar-refractivity contribution in [2.24, 2.45) is 5.84 Å². The van der Waals surface area contributed by atoms with Crippen LogP contribution in [0.25, 0.3) is 0 Å². The molecule has 0 saturated heterocycles. The molecule has 1 amide bonds. The first-order chi connectivity index (χ1) is 9.10. The molecule has 2 rings (SSSR count). The van der Waals surface area contributed by atoms with Gasteiger partial charge in [-0.3, -0.25) is 10.6 Å². The number of nitrogens with two attached hydrogens (primary N) is 1. The number of pyridine rings is 1. The number of nitrogen functional groups attached to an aromatic ring is 1. The summed E-state index contributed by atoms with van der Waals surface area (Å²) in [7, 11) is 0. The number of halogens is 1. The van der Waals surface area contributed by atoms with Gasteiger partial charge in [-0.15, -0.1) is 0 Å². The SMILES string of the molecule is Cc1cccc(NC(=O)c2cc(Cl)ccc2NN)n1. The van der Waals surface area contributed by atoms with Crippen LogP contribution in [0.3, 0.4) is 0 Å². The molecule has 2 aromatic rings.